The van der Waals surface area contributed by atoms with Crippen molar-refractivity contribution in [3.05, 3.63) is 17.6 Å². The van der Waals surface area contributed by atoms with Gasteiger partial charge >= 0.3 is 0 Å². The fourth-order valence-corrected chi connectivity index (χ4v) is 2.78. The standard InChI is InChI=1S/C14H24N4/c1-3-13-16-10(2)8-14(18-13)17-12(9-15)11-6-4-5-7-11/h8,11-12H,3-7,9,15H2,1-2H3,(H,16,17,18). The molecule has 0 aliphatic heterocycles. The van der Waals surface area contributed by atoms with Crippen LogP contribution >= 0.6 is 0 Å². The molecule has 4 heteroatoms. The van der Waals surface area contributed by atoms with Gasteiger partial charge in [0.25, 0.3) is 0 Å². The SMILES string of the molecule is CCc1nc(C)cc(NC(CN)C2CCCC2)n1. The Hall–Kier alpha value is -1.16. The molecule has 0 amide bonds. The number of hydrogen-bond donors (Lipinski definition) is 2. The largest absolute Gasteiger partial charge is 0.366 e. The minimum atomic E-state index is 0.353. The van der Waals surface area contributed by atoms with E-state index in [1.165, 1.54) is 25.7 Å². The van der Waals surface area contributed by atoms with E-state index in [4.69, 9.17) is 5.73 Å². The molecule has 1 fully saturated rings. The van der Waals surface area contributed by atoms with Gasteiger partial charge in [-0.05, 0) is 25.7 Å². The summed E-state index contributed by atoms with van der Waals surface area (Å²) in [5, 5.41) is 3.51. The van der Waals surface area contributed by atoms with Crippen LogP contribution in [0.5, 0.6) is 0 Å². The Bertz CT molecular complexity index is 385. The Balaban J connectivity index is 2.08. The maximum atomic E-state index is 5.90. The van der Waals surface area contributed by atoms with E-state index >= 15 is 0 Å². The summed E-state index contributed by atoms with van der Waals surface area (Å²) in [6.45, 7) is 4.77. The minimum Gasteiger partial charge on any atom is -0.366 e. The molecule has 1 atom stereocenters. The van der Waals surface area contributed by atoms with E-state index in [1.807, 2.05) is 13.0 Å². The predicted octanol–water partition coefficient (Wildman–Crippen LogP) is 2.28. The van der Waals surface area contributed by atoms with Crippen LogP contribution < -0.4 is 11.1 Å². The van der Waals surface area contributed by atoms with Gasteiger partial charge in [0.05, 0.1) is 0 Å². The summed E-state index contributed by atoms with van der Waals surface area (Å²) >= 11 is 0. The lowest BCUT2D eigenvalue weighted by Crippen LogP contribution is -2.35. The van der Waals surface area contributed by atoms with Crippen molar-refractivity contribution >= 4 is 5.82 Å². The van der Waals surface area contributed by atoms with Crippen molar-refractivity contribution in [2.24, 2.45) is 11.7 Å². The smallest absolute Gasteiger partial charge is 0.130 e. The zero-order chi connectivity index (χ0) is 13.0. The molecule has 0 aromatic carbocycles. The third-order valence-electron chi connectivity index (χ3n) is 3.77. The summed E-state index contributed by atoms with van der Waals surface area (Å²) in [7, 11) is 0. The summed E-state index contributed by atoms with van der Waals surface area (Å²) in [5.41, 5.74) is 6.92. The van der Waals surface area contributed by atoms with Crippen LogP contribution in [0.25, 0.3) is 0 Å². The molecular weight excluding hydrogens is 224 g/mol. The van der Waals surface area contributed by atoms with Crippen molar-refractivity contribution in [3.63, 3.8) is 0 Å². The summed E-state index contributed by atoms with van der Waals surface area (Å²) in [5.74, 6) is 2.54. The molecule has 3 N–H and O–H groups in total. The van der Waals surface area contributed by atoms with Crippen LogP contribution in [-0.2, 0) is 6.42 Å². The quantitative estimate of drug-likeness (QED) is 0.839. The van der Waals surface area contributed by atoms with Gasteiger partial charge in [-0.1, -0.05) is 19.8 Å². The molecule has 0 radical (unpaired) electrons. The van der Waals surface area contributed by atoms with E-state index in [0.29, 0.717) is 18.5 Å². The first-order valence-corrected chi connectivity index (χ1v) is 7.04. The van der Waals surface area contributed by atoms with Gasteiger partial charge < -0.3 is 11.1 Å². The number of aromatic nitrogens is 2. The Labute approximate surface area is 109 Å². The molecule has 0 spiro atoms. The molecular formula is C14H24N4. The minimum absolute atomic E-state index is 0.353. The zero-order valence-electron chi connectivity index (χ0n) is 11.4. The molecule has 0 saturated heterocycles. The number of hydrogen-bond acceptors (Lipinski definition) is 4. The fourth-order valence-electron chi connectivity index (χ4n) is 2.78. The highest BCUT2D eigenvalue weighted by atomic mass is 15.1. The molecule has 100 valence electrons. The van der Waals surface area contributed by atoms with Gasteiger partial charge in [0, 0.05) is 30.8 Å². The maximum Gasteiger partial charge on any atom is 0.130 e. The molecule has 1 aromatic rings. The van der Waals surface area contributed by atoms with Crippen molar-refractivity contribution in [1.29, 1.82) is 0 Å². The molecule has 18 heavy (non-hydrogen) atoms. The second-order valence-corrected chi connectivity index (χ2v) is 5.20. The molecule has 4 nitrogen and oxygen atoms in total. The first-order chi connectivity index (χ1) is 8.72. The summed E-state index contributed by atoms with van der Waals surface area (Å²) < 4.78 is 0. The molecule has 0 bridgehead atoms. The lowest BCUT2D eigenvalue weighted by atomic mass is 9.98. The van der Waals surface area contributed by atoms with Gasteiger partial charge in [-0.25, -0.2) is 9.97 Å². The van der Waals surface area contributed by atoms with Gasteiger partial charge in [0.2, 0.25) is 0 Å². The van der Waals surface area contributed by atoms with E-state index < -0.39 is 0 Å². The van der Waals surface area contributed by atoms with Crippen LogP contribution in [0, 0.1) is 12.8 Å². The Morgan fingerprint density at radius 1 is 1.39 bits per heavy atom. The van der Waals surface area contributed by atoms with Gasteiger partial charge in [-0.2, -0.15) is 0 Å². The van der Waals surface area contributed by atoms with Crippen molar-refractivity contribution in [2.75, 3.05) is 11.9 Å². The molecule has 1 aromatic heterocycles. The van der Waals surface area contributed by atoms with Crippen molar-refractivity contribution in [1.82, 2.24) is 9.97 Å². The van der Waals surface area contributed by atoms with E-state index in [-0.39, 0.29) is 0 Å². The number of aryl methyl sites for hydroxylation is 2. The third-order valence-corrected chi connectivity index (χ3v) is 3.77. The van der Waals surface area contributed by atoms with Crippen LogP contribution in [0.1, 0.15) is 44.1 Å². The highest BCUT2D eigenvalue weighted by molar-refractivity contribution is 5.37. The van der Waals surface area contributed by atoms with Crippen molar-refractivity contribution in [2.45, 2.75) is 52.0 Å². The summed E-state index contributed by atoms with van der Waals surface area (Å²) in [6.07, 6.45) is 6.13. The lowest BCUT2D eigenvalue weighted by Gasteiger charge is -2.24. The maximum absolute atomic E-state index is 5.90. The normalized spacial score (nSPS) is 17.9. The second kappa shape index (κ2) is 6.14. The predicted molar refractivity (Wildman–Crippen MR) is 74.6 cm³/mol. The van der Waals surface area contributed by atoms with Crippen LogP contribution in [0.4, 0.5) is 5.82 Å². The Morgan fingerprint density at radius 3 is 2.72 bits per heavy atom. The number of rotatable bonds is 5. The van der Waals surface area contributed by atoms with E-state index in [2.05, 4.69) is 22.2 Å². The number of anilines is 1. The summed E-state index contributed by atoms with van der Waals surface area (Å²) in [4.78, 5) is 8.93. The topological polar surface area (TPSA) is 63.8 Å². The third kappa shape index (κ3) is 3.19. The van der Waals surface area contributed by atoms with E-state index in [1.54, 1.807) is 0 Å². The lowest BCUT2D eigenvalue weighted by molar-refractivity contribution is 0.461. The van der Waals surface area contributed by atoms with Crippen LogP contribution in [0.3, 0.4) is 0 Å². The monoisotopic (exact) mass is 248 g/mol. The highest BCUT2D eigenvalue weighted by Crippen LogP contribution is 2.28. The van der Waals surface area contributed by atoms with E-state index in [9.17, 15) is 0 Å². The van der Waals surface area contributed by atoms with Crippen molar-refractivity contribution < 1.29 is 0 Å². The van der Waals surface area contributed by atoms with E-state index in [0.717, 1.165) is 23.8 Å². The van der Waals surface area contributed by atoms with Crippen LogP contribution in [-0.4, -0.2) is 22.6 Å². The fraction of sp³-hybridized carbons (Fsp3) is 0.714. The molecule has 1 unspecified atom stereocenters. The molecule has 1 heterocycles. The van der Waals surface area contributed by atoms with Crippen LogP contribution in [0.2, 0.25) is 0 Å². The number of nitrogens with one attached hydrogen (secondary N) is 1. The molecule has 2 rings (SSSR count). The number of nitrogens with two attached hydrogens (primary N) is 1. The highest BCUT2D eigenvalue weighted by Gasteiger charge is 2.24. The first kappa shape index (κ1) is 13.3. The average molecular weight is 248 g/mol. The molecule has 1 saturated carbocycles. The van der Waals surface area contributed by atoms with Gasteiger partial charge in [-0.3, -0.25) is 0 Å². The van der Waals surface area contributed by atoms with Crippen LogP contribution in [0.15, 0.2) is 6.07 Å². The zero-order valence-corrected chi connectivity index (χ0v) is 11.4. The van der Waals surface area contributed by atoms with Gasteiger partial charge in [-0.15, -0.1) is 0 Å². The van der Waals surface area contributed by atoms with Gasteiger partial charge in [0.15, 0.2) is 0 Å². The second-order valence-electron chi connectivity index (χ2n) is 5.20. The number of nitrogens with zero attached hydrogens (tertiary/aromatic N) is 2. The Morgan fingerprint density at radius 2 is 2.11 bits per heavy atom. The first-order valence-electron chi connectivity index (χ1n) is 7.04. The van der Waals surface area contributed by atoms with Crippen molar-refractivity contribution in [3.8, 4) is 0 Å². The average Bonchev–Trinajstić information content (AvgIpc) is 2.89. The Kier molecular flexibility index (Phi) is 4.53. The molecule has 1 aliphatic rings. The van der Waals surface area contributed by atoms with Gasteiger partial charge in [0.1, 0.15) is 11.6 Å². The molecule has 1 aliphatic carbocycles. The summed E-state index contributed by atoms with van der Waals surface area (Å²) in [6, 6.07) is 2.36.